The van der Waals surface area contributed by atoms with Crippen molar-refractivity contribution >= 4 is 11.9 Å². The van der Waals surface area contributed by atoms with Gasteiger partial charge in [0.25, 0.3) is 0 Å². The molecule has 0 aliphatic carbocycles. The molecule has 0 bridgehead atoms. The average Bonchev–Trinajstić information content (AvgIpc) is 2.65. The van der Waals surface area contributed by atoms with Gasteiger partial charge >= 0.3 is 5.97 Å². The van der Waals surface area contributed by atoms with Gasteiger partial charge in [0.1, 0.15) is 6.04 Å². The Labute approximate surface area is 89.2 Å². The molecule has 0 aromatic carbocycles. The van der Waals surface area contributed by atoms with Gasteiger partial charge in [-0.2, -0.15) is 0 Å². The van der Waals surface area contributed by atoms with Crippen molar-refractivity contribution in [2.75, 3.05) is 13.1 Å². The molecule has 1 aliphatic rings. The summed E-state index contributed by atoms with van der Waals surface area (Å²) in [6.45, 7) is 5.05. The zero-order chi connectivity index (χ0) is 11.4. The van der Waals surface area contributed by atoms with E-state index in [9.17, 15) is 9.59 Å². The van der Waals surface area contributed by atoms with Crippen molar-refractivity contribution in [1.29, 1.82) is 0 Å². The molecule has 1 aliphatic heterocycles. The topological polar surface area (TPSA) is 78.4 Å². The van der Waals surface area contributed by atoms with Gasteiger partial charge < -0.3 is 15.7 Å². The third-order valence-corrected chi connectivity index (χ3v) is 2.66. The lowest BCUT2D eigenvalue weighted by Gasteiger charge is -2.19. The highest BCUT2D eigenvalue weighted by atomic mass is 16.4. The van der Waals surface area contributed by atoms with Crippen LogP contribution in [0.2, 0.25) is 0 Å². The number of rotatable bonds is 4. The first-order valence-electron chi connectivity index (χ1n) is 5.26. The molecule has 15 heavy (non-hydrogen) atoms. The van der Waals surface area contributed by atoms with E-state index in [0.717, 1.165) is 13.0 Å². The van der Waals surface area contributed by atoms with E-state index < -0.39 is 12.0 Å². The molecule has 86 valence electrons. The zero-order valence-corrected chi connectivity index (χ0v) is 9.12. The molecule has 0 aromatic rings. The second-order valence-electron chi connectivity index (χ2n) is 4.26. The van der Waals surface area contributed by atoms with Crippen LogP contribution < -0.4 is 10.6 Å². The second-order valence-corrected chi connectivity index (χ2v) is 4.26. The van der Waals surface area contributed by atoms with Crippen molar-refractivity contribution in [1.82, 2.24) is 10.6 Å². The van der Waals surface area contributed by atoms with Crippen LogP contribution in [0.3, 0.4) is 0 Å². The van der Waals surface area contributed by atoms with Crippen LogP contribution in [0.15, 0.2) is 0 Å². The fraction of sp³-hybridized carbons (Fsp3) is 0.800. The molecule has 1 unspecified atom stereocenters. The Morgan fingerprint density at radius 3 is 2.53 bits per heavy atom. The van der Waals surface area contributed by atoms with Crippen LogP contribution in [0, 0.1) is 11.8 Å². The first-order chi connectivity index (χ1) is 7.02. The van der Waals surface area contributed by atoms with E-state index >= 15 is 0 Å². The van der Waals surface area contributed by atoms with Crippen molar-refractivity contribution in [2.24, 2.45) is 11.8 Å². The van der Waals surface area contributed by atoms with E-state index in [0.29, 0.717) is 6.54 Å². The van der Waals surface area contributed by atoms with Crippen LogP contribution >= 0.6 is 0 Å². The number of nitrogens with one attached hydrogen (secondary N) is 2. The van der Waals surface area contributed by atoms with Gasteiger partial charge in [0, 0.05) is 6.54 Å². The lowest BCUT2D eigenvalue weighted by Crippen LogP contribution is -2.47. The Morgan fingerprint density at radius 2 is 2.13 bits per heavy atom. The quantitative estimate of drug-likeness (QED) is 0.606. The summed E-state index contributed by atoms with van der Waals surface area (Å²) in [5.74, 6) is -1.29. The number of hydrogen-bond donors (Lipinski definition) is 3. The molecule has 1 rings (SSSR count). The highest BCUT2D eigenvalue weighted by molar-refractivity contribution is 5.85. The minimum atomic E-state index is -0.968. The summed E-state index contributed by atoms with van der Waals surface area (Å²) >= 11 is 0. The largest absolute Gasteiger partial charge is 0.480 e. The van der Waals surface area contributed by atoms with E-state index in [1.165, 1.54) is 0 Å². The molecule has 0 spiro atoms. The van der Waals surface area contributed by atoms with Crippen molar-refractivity contribution in [2.45, 2.75) is 26.3 Å². The average molecular weight is 214 g/mol. The molecule has 2 atom stereocenters. The van der Waals surface area contributed by atoms with Crippen LogP contribution in [0.5, 0.6) is 0 Å². The van der Waals surface area contributed by atoms with E-state index in [-0.39, 0.29) is 17.7 Å². The number of carbonyl (C=O) groups excluding carboxylic acids is 1. The van der Waals surface area contributed by atoms with Crippen molar-refractivity contribution < 1.29 is 14.7 Å². The van der Waals surface area contributed by atoms with Crippen LogP contribution in [0.25, 0.3) is 0 Å². The van der Waals surface area contributed by atoms with Gasteiger partial charge in [-0.3, -0.25) is 4.79 Å². The highest BCUT2D eigenvalue weighted by Gasteiger charge is 2.28. The van der Waals surface area contributed by atoms with Gasteiger partial charge in [0.2, 0.25) is 5.91 Å². The lowest BCUT2D eigenvalue weighted by molar-refractivity contribution is -0.143. The van der Waals surface area contributed by atoms with Gasteiger partial charge in [-0.05, 0) is 18.9 Å². The summed E-state index contributed by atoms with van der Waals surface area (Å²) in [5.41, 5.74) is 0. The summed E-state index contributed by atoms with van der Waals surface area (Å²) in [6.07, 6.45) is 0.788. The van der Waals surface area contributed by atoms with Crippen LogP contribution in [0.1, 0.15) is 20.3 Å². The molecule has 0 radical (unpaired) electrons. The summed E-state index contributed by atoms with van der Waals surface area (Å²) in [6, 6.07) is -0.780. The number of carboxylic acid groups (broad SMARTS) is 1. The van der Waals surface area contributed by atoms with E-state index in [1.54, 1.807) is 13.8 Å². The third kappa shape index (κ3) is 3.20. The summed E-state index contributed by atoms with van der Waals surface area (Å²) in [7, 11) is 0. The number of hydrogen-bond acceptors (Lipinski definition) is 3. The Bertz CT molecular complexity index is 247. The van der Waals surface area contributed by atoms with E-state index in [2.05, 4.69) is 10.6 Å². The predicted octanol–water partition coefficient (Wildman–Crippen LogP) is -0.179. The third-order valence-electron chi connectivity index (χ3n) is 2.66. The first-order valence-corrected chi connectivity index (χ1v) is 5.26. The van der Waals surface area contributed by atoms with Crippen molar-refractivity contribution in [3.05, 3.63) is 0 Å². The maximum absolute atomic E-state index is 11.7. The normalized spacial score (nSPS) is 22.7. The molecule has 1 saturated heterocycles. The van der Waals surface area contributed by atoms with E-state index in [4.69, 9.17) is 5.11 Å². The van der Waals surface area contributed by atoms with Crippen LogP contribution in [-0.2, 0) is 9.59 Å². The van der Waals surface area contributed by atoms with Gasteiger partial charge in [0.05, 0.1) is 5.92 Å². The SMILES string of the molecule is CC(C)[C@H](NC(=O)C1CCNC1)C(=O)O. The molecule has 0 aromatic heterocycles. The molecule has 1 amide bonds. The molecule has 1 heterocycles. The second kappa shape index (κ2) is 5.11. The van der Waals surface area contributed by atoms with Crippen LogP contribution in [-0.4, -0.2) is 36.1 Å². The fourth-order valence-electron chi connectivity index (χ4n) is 1.66. The van der Waals surface area contributed by atoms with Crippen molar-refractivity contribution in [3.8, 4) is 0 Å². The minimum Gasteiger partial charge on any atom is -0.480 e. The van der Waals surface area contributed by atoms with Crippen LogP contribution in [0.4, 0.5) is 0 Å². The van der Waals surface area contributed by atoms with Crippen molar-refractivity contribution in [3.63, 3.8) is 0 Å². The van der Waals surface area contributed by atoms with Gasteiger partial charge in [-0.1, -0.05) is 13.8 Å². The number of carboxylic acids is 1. The summed E-state index contributed by atoms with van der Waals surface area (Å²) in [5, 5.41) is 14.6. The maximum atomic E-state index is 11.7. The number of aliphatic carboxylic acids is 1. The molecule has 0 saturated carbocycles. The molecular weight excluding hydrogens is 196 g/mol. The standard InChI is InChI=1S/C10H18N2O3/c1-6(2)8(10(14)15)12-9(13)7-3-4-11-5-7/h6-8,11H,3-5H2,1-2H3,(H,12,13)(H,14,15)/t7?,8-/m0/s1. The lowest BCUT2D eigenvalue weighted by atomic mass is 10.0. The smallest absolute Gasteiger partial charge is 0.326 e. The number of amides is 1. The fourth-order valence-corrected chi connectivity index (χ4v) is 1.66. The minimum absolute atomic E-state index is 0.0781. The van der Waals surface area contributed by atoms with Gasteiger partial charge in [-0.25, -0.2) is 4.79 Å². The van der Waals surface area contributed by atoms with Gasteiger partial charge in [0.15, 0.2) is 0 Å². The maximum Gasteiger partial charge on any atom is 0.326 e. The Balaban J connectivity index is 2.50. The molecule has 5 heteroatoms. The summed E-state index contributed by atoms with van der Waals surface area (Å²) in [4.78, 5) is 22.5. The molecule has 5 nitrogen and oxygen atoms in total. The Morgan fingerprint density at radius 1 is 1.47 bits per heavy atom. The Hall–Kier alpha value is -1.10. The number of carbonyl (C=O) groups is 2. The monoisotopic (exact) mass is 214 g/mol. The molecular formula is C10H18N2O3. The first kappa shape index (κ1) is 12.0. The zero-order valence-electron chi connectivity index (χ0n) is 9.12. The van der Waals surface area contributed by atoms with Gasteiger partial charge in [-0.15, -0.1) is 0 Å². The summed E-state index contributed by atoms with van der Waals surface area (Å²) < 4.78 is 0. The molecule has 1 fully saturated rings. The molecule has 3 N–H and O–H groups in total. The predicted molar refractivity (Wildman–Crippen MR) is 55.4 cm³/mol. The Kier molecular flexibility index (Phi) is 4.08. The van der Waals surface area contributed by atoms with E-state index in [1.807, 2.05) is 0 Å². The highest BCUT2D eigenvalue weighted by Crippen LogP contribution is 2.09.